The number of halogens is 6. The van der Waals surface area contributed by atoms with E-state index in [1.54, 1.807) is 12.1 Å². The number of aromatic nitrogens is 1. The Hall–Kier alpha value is -4.49. The summed E-state index contributed by atoms with van der Waals surface area (Å²) in [5.74, 6) is -3.90. The Kier molecular flexibility index (Phi) is 9.12. The van der Waals surface area contributed by atoms with Crippen molar-refractivity contribution in [3.05, 3.63) is 95.2 Å². The van der Waals surface area contributed by atoms with Crippen LogP contribution in [0, 0.1) is 11.6 Å². The van der Waals surface area contributed by atoms with Crippen molar-refractivity contribution in [3.8, 4) is 0 Å². The van der Waals surface area contributed by atoms with Gasteiger partial charge in [0.15, 0.2) is 11.6 Å². The van der Waals surface area contributed by atoms with Gasteiger partial charge in [-0.2, -0.15) is 13.2 Å². The van der Waals surface area contributed by atoms with Gasteiger partial charge in [-0.15, -0.1) is 12.4 Å². The minimum Gasteiger partial charge on any atom is -0.460 e. The van der Waals surface area contributed by atoms with Crippen molar-refractivity contribution < 1.29 is 41.1 Å². The summed E-state index contributed by atoms with van der Waals surface area (Å²) in [5, 5.41) is 4.70. The number of hydrogen-bond acceptors (Lipinski definition) is 5. The largest absolute Gasteiger partial charge is 0.460 e. The lowest BCUT2D eigenvalue weighted by Gasteiger charge is -2.10. The average Bonchev–Trinajstić information content (AvgIpc) is 3.23. The minimum absolute atomic E-state index is 0. The van der Waals surface area contributed by atoms with E-state index in [0.717, 1.165) is 47.2 Å². The fourth-order valence-corrected chi connectivity index (χ4v) is 3.72. The molecule has 4 rings (SSSR count). The van der Waals surface area contributed by atoms with Crippen LogP contribution in [0.1, 0.15) is 21.5 Å². The van der Waals surface area contributed by atoms with E-state index in [9.17, 15) is 36.3 Å². The predicted octanol–water partition coefficient (Wildman–Crippen LogP) is 5.69. The average molecular weight is 583 g/mol. The van der Waals surface area contributed by atoms with Gasteiger partial charge in [-0.3, -0.25) is 14.2 Å². The lowest BCUT2D eigenvalue weighted by molar-refractivity contribution is -0.143. The normalized spacial score (nSPS) is 11.1. The second kappa shape index (κ2) is 12.1. The van der Waals surface area contributed by atoms with E-state index in [1.807, 2.05) is 0 Å². The van der Waals surface area contributed by atoms with E-state index in [-0.39, 0.29) is 53.4 Å². The third-order valence-corrected chi connectivity index (χ3v) is 5.59. The van der Waals surface area contributed by atoms with Crippen molar-refractivity contribution in [2.45, 2.75) is 12.8 Å². The van der Waals surface area contributed by atoms with Crippen LogP contribution in [0.2, 0.25) is 0 Å². The van der Waals surface area contributed by atoms with Crippen molar-refractivity contribution in [1.82, 2.24) is 4.57 Å². The molecule has 40 heavy (non-hydrogen) atoms. The summed E-state index contributed by atoms with van der Waals surface area (Å²) in [4.78, 5) is 37.5. The van der Waals surface area contributed by atoms with Crippen LogP contribution < -0.4 is 16.4 Å². The second-order valence-corrected chi connectivity index (χ2v) is 8.18. The van der Waals surface area contributed by atoms with Crippen LogP contribution in [-0.4, -0.2) is 29.0 Å². The Balaban J connectivity index is 0.00000441. The van der Waals surface area contributed by atoms with Crippen molar-refractivity contribution in [3.63, 3.8) is 0 Å². The maximum atomic E-state index is 14.1. The molecule has 1 aromatic heterocycles. The molecule has 4 aromatic rings. The number of carbonyl (C=O) groups excluding carboxylic acids is 3. The van der Waals surface area contributed by atoms with Gasteiger partial charge in [0, 0.05) is 34.5 Å². The third-order valence-electron chi connectivity index (χ3n) is 5.59. The quantitative estimate of drug-likeness (QED) is 0.199. The minimum atomic E-state index is -4.56. The van der Waals surface area contributed by atoms with E-state index >= 15 is 0 Å². The van der Waals surface area contributed by atoms with E-state index in [4.69, 9.17) is 10.5 Å². The third kappa shape index (κ3) is 6.55. The van der Waals surface area contributed by atoms with Crippen LogP contribution in [-0.2, 0) is 22.3 Å². The van der Waals surface area contributed by atoms with Gasteiger partial charge in [0.05, 0.1) is 23.3 Å². The summed E-state index contributed by atoms with van der Waals surface area (Å²) < 4.78 is 72.6. The fraction of sp³-hybridized carbons (Fsp3) is 0.115. The number of ether oxygens (including phenoxy) is 1. The number of nitrogens with one attached hydrogen (secondary N) is 2. The molecule has 3 aromatic carbocycles. The van der Waals surface area contributed by atoms with Gasteiger partial charge in [0.25, 0.3) is 5.91 Å². The van der Waals surface area contributed by atoms with Gasteiger partial charge in [-0.1, -0.05) is 18.2 Å². The zero-order valence-corrected chi connectivity index (χ0v) is 21.0. The number of fused-ring (bicyclic) bond motifs is 1. The van der Waals surface area contributed by atoms with Gasteiger partial charge < -0.3 is 21.1 Å². The van der Waals surface area contributed by atoms with Crippen LogP contribution in [0.5, 0.6) is 0 Å². The van der Waals surface area contributed by atoms with Gasteiger partial charge in [0.2, 0.25) is 0 Å². The van der Waals surface area contributed by atoms with Crippen LogP contribution in [0.3, 0.4) is 0 Å². The summed E-state index contributed by atoms with van der Waals surface area (Å²) in [6.07, 6.45) is -3.42. The molecule has 0 spiro atoms. The molecule has 0 unspecified atom stereocenters. The molecule has 0 radical (unpaired) electrons. The highest BCUT2D eigenvalue weighted by Gasteiger charge is 2.30. The van der Waals surface area contributed by atoms with Crippen LogP contribution in [0.25, 0.3) is 10.9 Å². The monoisotopic (exact) mass is 582 g/mol. The molecule has 0 aliphatic carbocycles. The summed E-state index contributed by atoms with van der Waals surface area (Å²) in [6.45, 7) is -0.645. The maximum absolute atomic E-state index is 14.1. The Bertz CT molecular complexity index is 1570. The highest BCUT2D eigenvalue weighted by molar-refractivity contribution is 6.10. The molecule has 4 N–H and O–H groups in total. The number of urea groups is 1. The number of carbonyl (C=O) groups is 3. The highest BCUT2D eigenvalue weighted by Crippen LogP contribution is 2.31. The Morgan fingerprint density at radius 1 is 0.925 bits per heavy atom. The van der Waals surface area contributed by atoms with Crippen molar-refractivity contribution in [2.24, 2.45) is 5.73 Å². The standard InChI is InChI=1S/C26H19F5N4O4.ClH/c27-19-9-18-21(34-25(38)33-16-7-5-15(6-8-16)26(29,30)31)12-35(22(18)10-20(19)28)24(37)17-4-2-1-3-14(17)13-39-23(36)11-32;/h1-10,12H,11,13,32H2,(H2,33,34,38);1H. The molecule has 0 aliphatic heterocycles. The lowest BCUT2D eigenvalue weighted by Crippen LogP contribution is -2.20. The Labute approximate surface area is 229 Å². The number of rotatable bonds is 6. The van der Waals surface area contributed by atoms with E-state index in [0.29, 0.717) is 5.56 Å². The lowest BCUT2D eigenvalue weighted by atomic mass is 10.1. The molecule has 0 saturated carbocycles. The molecular weight excluding hydrogens is 563 g/mol. The van der Waals surface area contributed by atoms with Gasteiger partial charge in [-0.25, -0.2) is 13.6 Å². The molecule has 210 valence electrons. The maximum Gasteiger partial charge on any atom is 0.416 e. The number of esters is 1. The Morgan fingerprint density at radius 3 is 2.23 bits per heavy atom. The van der Waals surface area contributed by atoms with Gasteiger partial charge >= 0.3 is 18.2 Å². The molecule has 0 fully saturated rings. The summed E-state index contributed by atoms with van der Waals surface area (Å²) in [7, 11) is 0. The van der Waals surface area contributed by atoms with Gasteiger partial charge in [0.1, 0.15) is 6.61 Å². The van der Waals surface area contributed by atoms with Crippen molar-refractivity contribution in [2.75, 3.05) is 17.2 Å². The number of hydrogen-bond donors (Lipinski definition) is 3. The van der Waals surface area contributed by atoms with Crippen LogP contribution >= 0.6 is 12.4 Å². The second-order valence-electron chi connectivity index (χ2n) is 8.18. The molecule has 0 saturated heterocycles. The molecule has 0 atom stereocenters. The molecule has 1 heterocycles. The highest BCUT2D eigenvalue weighted by atomic mass is 35.5. The molecular formula is C26H20ClF5N4O4. The summed E-state index contributed by atoms with van der Waals surface area (Å²) in [6, 6.07) is 10.4. The van der Waals surface area contributed by atoms with Gasteiger partial charge in [-0.05, 0) is 36.4 Å². The Morgan fingerprint density at radius 2 is 1.57 bits per heavy atom. The topological polar surface area (TPSA) is 115 Å². The van der Waals surface area contributed by atoms with E-state index < -0.39 is 41.3 Å². The van der Waals surface area contributed by atoms with Crippen LogP contribution in [0.15, 0.2) is 66.9 Å². The first-order valence-electron chi connectivity index (χ1n) is 11.2. The number of anilines is 2. The van der Waals surface area contributed by atoms with Crippen molar-refractivity contribution in [1.29, 1.82) is 0 Å². The SMILES string of the molecule is Cl.NCC(=O)OCc1ccccc1C(=O)n1cc(NC(=O)Nc2ccc(C(F)(F)F)cc2)c2cc(F)c(F)cc21. The zero-order valence-electron chi connectivity index (χ0n) is 20.2. The summed E-state index contributed by atoms with van der Waals surface area (Å²) in [5.41, 5.74) is 4.55. The first kappa shape index (κ1) is 30.1. The molecule has 0 bridgehead atoms. The number of benzene rings is 3. The van der Waals surface area contributed by atoms with Crippen molar-refractivity contribution >= 4 is 52.6 Å². The van der Waals surface area contributed by atoms with Crippen LogP contribution in [0.4, 0.5) is 38.1 Å². The number of amides is 2. The first-order chi connectivity index (χ1) is 18.5. The molecule has 0 aliphatic rings. The summed E-state index contributed by atoms with van der Waals surface area (Å²) >= 11 is 0. The molecule has 8 nitrogen and oxygen atoms in total. The first-order valence-corrected chi connectivity index (χ1v) is 11.2. The predicted molar refractivity (Wildman–Crippen MR) is 138 cm³/mol. The molecule has 2 amide bonds. The zero-order chi connectivity index (χ0) is 28.3. The molecule has 14 heteroatoms. The fourth-order valence-electron chi connectivity index (χ4n) is 3.72. The van der Waals surface area contributed by atoms with E-state index in [2.05, 4.69) is 10.6 Å². The number of nitrogens with two attached hydrogens (primary N) is 1. The van der Waals surface area contributed by atoms with E-state index in [1.165, 1.54) is 12.1 Å². The number of nitrogens with zero attached hydrogens (tertiary/aromatic N) is 1. The number of alkyl halides is 3. The smallest absolute Gasteiger partial charge is 0.416 e.